The van der Waals surface area contributed by atoms with Gasteiger partial charge >= 0.3 is 5.97 Å². The van der Waals surface area contributed by atoms with Crippen LogP contribution in [0.2, 0.25) is 0 Å². The van der Waals surface area contributed by atoms with Gasteiger partial charge in [0.25, 0.3) is 0 Å². The lowest BCUT2D eigenvalue weighted by atomic mass is 10.1. The second-order valence-corrected chi connectivity index (χ2v) is 7.36. The molecule has 1 unspecified atom stereocenters. The van der Waals surface area contributed by atoms with Crippen LogP contribution in [0.4, 0.5) is 11.5 Å². The fraction of sp³-hybridized carbons (Fsp3) is 0.304. The van der Waals surface area contributed by atoms with Crippen LogP contribution in [0, 0.1) is 6.92 Å². The van der Waals surface area contributed by atoms with E-state index in [1.807, 2.05) is 24.3 Å². The topological polar surface area (TPSA) is 45.7 Å². The van der Waals surface area contributed by atoms with Crippen LogP contribution in [-0.4, -0.2) is 43.7 Å². The first-order chi connectivity index (χ1) is 13.6. The SMILES string of the molecule is COC(=O)c1cnc(N2CCN(c3cccc(C)c3)C(C)C2)c2ccccc12. The molecule has 1 aromatic heterocycles. The fourth-order valence-corrected chi connectivity index (χ4v) is 4.04. The molecule has 0 amide bonds. The van der Waals surface area contributed by atoms with Gasteiger partial charge in [-0.15, -0.1) is 0 Å². The van der Waals surface area contributed by atoms with Crippen LogP contribution < -0.4 is 9.80 Å². The molecule has 1 fully saturated rings. The number of piperazine rings is 1. The molecule has 5 nitrogen and oxygen atoms in total. The van der Waals surface area contributed by atoms with Crippen molar-refractivity contribution in [1.82, 2.24) is 4.98 Å². The Kier molecular flexibility index (Phi) is 4.90. The quantitative estimate of drug-likeness (QED) is 0.647. The number of ether oxygens (including phenoxy) is 1. The molecule has 3 aromatic rings. The van der Waals surface area contributed by atoms with Crippen LogP contribution in [0.15, 0.2) is 54.7 Å². The van der Waals surface area contributed by atoms with E-state index in [0.717, 1.165) is 36.2 Å². The van der Waals surface area contributed by atoms with Crippen LogP contribution in [0.5, 0.6) is 0 Å². The molecule has 1 atom stereocenters. The van der Waals surface area contributed by atoms with Crippen molar-refractivity contribution < 1.29 is 9.53 Å². The monoisotopic (exact) mass is 375 g/mol. The van der Waals surface area contributed by atoms with Gasteiger partial charge in [0.2, 0.25) is 0 Å². The average molecular weight is 375 g/mol. The van der Waals surface area contributed by atoms with E-state index in [1.54, 1.807) is 6.20 Å². The molecule has 0 radical (unpaired) electrons. The molecule has 0 bridgehead atoms. The average Bonchev–Trinajstić information content (AvgIpc) is 2.72. The first-order valence-corrected chi connectivity index (χ1v) is 9.63. The molecule has 0 aliphatic carbocycles. The second kappa shape index (κ2) is 7.50. The summed E-state index contributed by atoms with van der Waals surface area (Å²) >= 11 is 0. The van der Waals surface area contributed by atoms with Gasteiger partial charge in [0, 0.05) is 48.3 Å². The summed E-state index contributed by atoms with van der Waals surface area (Å²) in [7, 11) is 1.40. The minimum atomic E-state index is -0.354. The van der Waals surface area contributed by atoms with Crippen LogP contribution in [0.3, 0.4) is 0 Å². The molecule has 1 saturated heterocycles. The maximum atomic E-state index is 12.1. The highest BCUT2D eigenvalue weighted by molar-refractivity contribution is 6.07. The molecule has 5 heteroatoms. The highest BCUT2D eigenvalue weighted by Crippen LogP contribution is 2.30. The summed E-state index contributed by atoms with van der Waals surface area (Å²) in [4.78, 5) is 21.5. The molecular formula is C23H25N3O2. The normalized spacial score (nSPS) is 17.0. The van der Waals surface area contributed by atoms with E-state index in [4.69, 9.17) is 4.74 Å². The van der Waals surface area contributed by atoms with Crippen LogP contribution in [0.1, 0.15) is 22.8 Å². The number of methoxy groups -OCH3 is 1. The highest BCUT2D eigenvalue weighted by Gasteiger charge is 2.26. The van der Waals surface area contributed by atoms with Crippen LogP contribution >= 0.6 is 0 Å². The molecule has 1 aliphatic rings. The summed E-state index contributed by atoms with van der Waals surface area (Å²) in [5.74, 6) is 0.576. The van der Waals surface area contributed by atoms with E-state index in [0.29, 0.717) is 11.6 Å². The summed E-state index contributed by atoms with van der Waals surface area (Å²) in [6.45, 7) is 7.07. The minimum absolute atomic E-state index is 0.354. The number of benzene rings is 2. The van der Waals surface area contributed by atoms with Gasteiger partial charge in [-0.3, -0.25) is 0 Å². The predicted octanol–water partition coefficient (Wildman–Crippen LogP) is 4.04. The highest BCUT2D eigenvalue weighted by atomic mass is 16.5. The predicted molar refractivity (Wildman–Crippen MR) is 113 cm³/mol. The van der Waals surface area contributed by atoms with Gasteiger partial charge in [-0.05, 0) is 31.5 Å². The number of esters is 1. The smallest absolute Gasteiger partial charge is 0.340 e. The Morgan fingerprint density at radius 2 is 1.89 bits per heavy atom. The minimum Gasteiger partial charge on any atom is -0.465 e. The standard InChI is InChI=1S/C23H25N3O2/c1-16-7-6-8-18(13-16)26-12-11-25(15-17(26)2)22-20-10-5-4-9-19(20)21(14-24-22)23(27)28-3/h4-10,13-14,17H,11-12,15H2,1-3H3. The summed E-state index contributed by atoms with van der Waals surface area (Å²) in [6, 6.07) is 16.9. The van der Waals surface area contributed by atoms with Gasteiger partial charge in [-0.25, -0.2) is 9.78 Å². The largest absolute Gasteiger partial charge is 0.465 e. The molecule has 0 saturated carbocycles. The summed E-state index contributed by atoms with van der Waals surface area (Å²) in [5, 5.41) is 1.87. The van der Waals surface area contributed by atoms with E-state index in [1.165, 1.54) is 18.4 Å². The first-order valence-electron chi connectivity index (χ1n) is 9.63. The van der Waals surface area contributed by atoms with Crippen molar-refractivity contribution in [2.75, 3.05) is 36.5 Å². The lowest BCUT2D eigenvalue weighted by Crippen LogP contribution is -2.52. The third-order valence-electron chi connectivity index (χ3n) is 5.44. The van der Waals surface area contributed by atoms with Gasteiger partial charge in [0.15, 0.2) is 0 Å². The van der Waals surface area contributed by atoms with Gasteiger partial charge in [0.05, 0.1) is 12.7 Å². The Hall–Kier alpha value is -3.08. The molecule has 0 spiro atoms. The van der Waals surface area contributed by atoms with E-state index in [9.17, 15) is 4.79 Å². The van der Waals surface area contributed by atoms with Crippen LogP contribution in [0.25, 0.3) is 10.8 Å². The van der Waals surface area contributed by atoms with E-state index in [2.05, 4.69) is 52.9 Å². The first kappa shape index (κ1) is 18.3. The Morgan fingerprint density at radius 3 is 2.61 bits per heavy atom. The number of nitrogens with zero attached hydrogens (tertiary/aromatic N) is 3. The number of hydrogen-bond donors (Lipinski definition) is 0. The van der Waals surface area contributed by atoms with Crippen molar-refractivity contribution in [2.45, 2.75) is 19.9 Å². The molecule has 144 valence electrons. The summed E-state index contributed by atoms with van der Waals surface area (Å²) < 4.78 is 4.92. The van der Waals surface area contributed by atoms with Crippen molar-refractivity contribution in [3.63, 3.8) is 0 Å². The zero-order valence-electron chi connectivity index (χ0n) is 16.6. The Balaban J connectivity index is 1.64. The summed E-state index contributed by atoms with van der Waals surface area (Å²) in [6.07, 6.45) is 1.64. The molecule has 2 heterocycles. The van der Waals surface area contributed by atoms with E-state index in [-0.39, 0.29) is 5.97 Å². The molecule has 1 aliphatic heterocycles. The maximum Gasteiger partial charge on any atom is 0.340 e. The van der Waals surface area contributed by atoms with Crippen molar-refractivity contribution in [1.29, 1.82) is 0 Å². The number of carbonyl (C=O) groups is 1. The Bertz CT molecular complexity index is 1020. The summed E-state index contributed by atoms with van der Waals surface area (Å²) in [5.41, 5.74) is 3.05. The molecule has 4 rings (SSSR count). The van der Waals surface area contributed by atoms with E-state index >= 15 is 0 Å². The number of carbonyl (C=O) groups excluding carboxylic acids is 1. The zero-order chi connectivity index (χ0) is 19.7. The number of hydrogen-bond acceptors (Lipinski definition) is 5. The lowest BCUT2D eigenvalue weighted by molar-refractivity contribution is 0.0602. The molecular weight excluding hydrogens is 350 g/mol. The van der Waals surface area contributed by atoms with Gasteiger partial charge < -0.3 is 14.5 Å². The maximum absolute atomic E-state index is 12.1. The molecule has 28 heavy (non-hydrogen) atoms. The Labute approximate surface area is 165 Å². The van der Waals surface area contributed by atoms with Crippen molar-refractivity contribution in [3.8, 4) is 0 Å². The Morgan fingerprint density at radius 1 is 1.11 bits per heavy atom. The third-order valence-corrected chi connectivity index (χ3v) is 5.44. The van der Waals surface area contributed by atoms with Gasteiger partial charge in [-0.2, -0.15) is 0 Å². The number of fused-ring (bicyclic) bond motifs is 1. The zero-order valence-corrected chi connectivity index (χ0v) is 16.6. The number of anilines is 2. The number of aryl methyl sites for hydroxylation is 1. The fourth-order valence-electron chi connectivity index (χ4n) is 4.04. The number of aromatic nitrogens is 1. The molecule has 0 N–H and O–H groups in total. The van der Waals surface area contributed by atoms with Gasteiger partial charge in [-0.1, -0.05) is 36.4 Å². The van der Waals surface area contributed by atoms with E-state index < -0.39 is 0 Å². The van der Waals surface area contributed by atoms with Crippen molar-refractivity contribution in [2.24, 2.45) is 0 Å². The number of rotatable bonds is 3. The molecule has 2 aromatic carbocycles. The van der Waals surface area contributed by atoms with Crippen molar-refractivity contribution in [3.05, 3.63) is 65.9 Å². The lowest BCUT2D eigenvalue weighted by Gasteiger charge is -2.42. The van der Waals surface area contributed by atoms with Gasteiger partial charge in [0.1, 0.15) is 5.82 Å². The second-order valence-electron chi connectivity index (χ2n) is 7.36. The third kappa shape index (κ3) is 3.28. The van der Waals surface area contributed by atoms with Crippen molar-refractivity contribution >= 4 is 28.2 Å². The van der Waals surface area contributed by atoms with Crippen LogP contribution in [-0.2, 0) is 4.74 Å². The number of pyridine rings is 1.